The van der Waals surface area contributed by atoms with E-state index in [9.17, 15) is 0 Å². The second-order valence-electron chi connectivity index (χ2n) is 8.71. The summed E-state index contributed by atoms with van der Waals surface area (Å²) in [6.45, 7) is 9.11. The molecule has 0 amide bonds. The Bertz CT molecular complexity index is 227. The molecule has 0 aromatic heterocycles. The van der Waals surface area contributed by atoms with E-state index < -0.39 is 0 Å². The normalized spacial score (nSPS) is 11.0. The fourth-order valence-electron chi connectivity index (χ4n) is 3.53. The van der Waals surface area contributed by atoms with E-state index in [4.69, 9.17) is 0 Å². The molecular weight excluding hydrogens is 336 g/mol. The topological polar surface area (TPSA) is 0 Å². The molecular formula is C28H58. The first kappa shape index (κ1) is 29.9. The Kier molecular flexibility index (Phi) is 33.6. The summed E-state index contributed by atoms with van der Waals surface area (Å²) in [5.41, 5.74) is 0. The maximum absolute atomic E-state index is 2.38. The molecule has 0 atom stereocenters. The molecule has 0 unspecified atom stereocenters. The maximum Gasteiger partial charge on any atom is -0.0351 e. The van der Waals surface area contributed by atoms with E-state index in [1.165, 1.54) is 141 Å². The van der Waals surface area contributed by atoms with Crippen LogP contribution in [0.3, 0.4) is 0 Å². The molecule has 0 aromatic rings. The van der Waals surface area contributed by atoms with E-state index in [1.807, 2.05) is 0 Å². The van der Waals surface area contributed by atoms with Gasteiger partial charge in [-0.2, -0.15) is 0 Å². The van der Waals surface area contributed by atoms with Crippen molar-refractivity contribution in [2.24, 2.45) is 0 Å². The van der Waals surface area contributed by atoms with Crippen LogP contribution in [0, 0.1) is 0 Å². The number of rotatable bonds is 21. The highest BCUT2D eigenvalue weighted by molar-refractivity contribution is 4.81. The quantitative estimate of drug-likeness (QED) is 0.134. The smallest absolute Gasteiger partial charge is 0.0351 e. The zero-order valence-corrected chi connectivity index (χ0v) is 20.7. The molecule has 0 rings (SSSR count). The van der Waals surface area contributed by atoms with E-state index in [1.54, 1.807) is 0 Å². The molecule has 0 aliphatic heterocycles. The van der Waals surface area contributed by atoms with Gasteiger partial charge in [0.15, 0.2) is 0 Å². The van der Waals surface area contributed by atoms with Crippen LogP contribution in [-0.4, -0.2) is 0 Å². The first-order valence-corrected chi connectivity index (χ1v) is 13.5. The molecule has 0 fully saturated rings. The summed E-state index contributed by atoms with van der Waals surface area (Å²) in [6.07, 6.45) is 35.9. The van der Waals surface area contributed by atoms with E-state index in [2.05, 4.69) is 39.8 Å². The van der Waals surface area contributed by atoms with E-state index >= 15 is 0 Å². The van der Waals surface area contributed by atoms with Gasteiger partial charge >= 0.3 is 0 Å². The molecule has 0 aliphatic rings. The molecule has 0 saturated carbocycles. The van der Waals surface area contributed by atoms with Gasteiger partial charge in [0.25, 0.3) is 0 Å². The molecule has 0 N–H and O–H groups in total. The maximum atomic E-state index is 2.38. The number of allylic oxidation sites excluding steroid dienone is 2. The van der Waals surface area contributed by atoms with Crippen LogP contribution in [0.2, 0.25) is 0 Å². The molecule has 0 aromatic carbocycles. The van der Waals surface area contributed by atoms with Crippen LogP contribution in [-0.2, 0) is 0 Å². The lowest BCUT2D eigenvalue weighted by molar-refractivity contribution is 0.548. The van der Waals surface area contributed by atoms with Gasteiger partial charge in [-0.1, -0.05) is 155 Å². The van der Waals surface area contributed by atoms with Gasteiger partial charge in [0.1, 0.15) is 0 Å². The van der Waals surface area contributed by atoms with Crippen LogP contribution in [0.15, 0.2) is 12.2 Å². The van der Waals surface area contributed by atoms with Crippen molar-refractivity contribution in [3.63, 3.8) is 0 Å². The van der Waals surface area contributed by atoms with Crippen LogP contribution in [0.1, 0.15) is 169 Å². The monoisotopic (exact) mass is 394 g/mol. The zero-order valence-electron chi connectivity index (χ0n) is 20.7. The van der Waals surface area contributed by atoms with E-state index in [-0.39, 0.29) is 0 Å². The average Bonchev–Trinajstić information content (AvgIpc) is 2.71. The summed E-state index contributed by atoms with van der Waals surface area (Å²) in [4.78, 5) is 0. The SMILES string of the molecule is CCCCCCC=CCCCCCC.CCCCCCCCCCCCCC. The minimum absolute atomic E-state index is 1.30. The van der Waals surface area contributed by atoms with Crippen molar-refractivity contribution >= 4 is 0 Å². The lowest BCUT2D eigenvalue weighted by Crippen LogP contribution is -1.81. The van der Waals surface area contributed by atoms with Crippen molar-refractivity contribution < 1.29 is 0 Å². The first-order valence-electron chi connectivity index (χ1n) is 13.5. The Morgan fingerprint density at radius 2 is 0.500 bits per heavy atom. The molecule has 0 bridgehead atoms. The molecule has 170 valence electrons. The number of unbranched alkanes of at least 4 members (excludes halogenated alkanes) is 19. The standard InChI is InChI=1S/C14H30.C14H28/c2*1-3-5-7-9-11-13-14-12-10-8-6-4-2/h3-14H2,1-2H3;13-14H,3-12H2,1-2H3. The van der Waals surface area contributed by atoms with Crippen molar-refractivity contribution in [2.75, 3.05) is 0 Å². The lowest BCUT2D eigenvalue weighted by Gasteiger charge is -2.01. The summed E-state index contributed by atoms with van der Waals surface area (Å²) in [6, 6.07) is 0. The van der Waals surface area contributed by atoms with Gasteiger partial charge in [0.2, 0.25) is 0 Å². The minimum atomic E-state index is 1.30. The Balaban J connectivity index is 0. The third-order valence-electron chi connectivity index (χ3n) is 5.57. The predicted molar refractivity (Wildman–Crippen MR) is 133 cm³/mol. The van der Waals surface area contributed by atoms with Crippen molar-refractivity contribution in [2.45, 2.75) is 169 Å². The van der Waals surface area contributed by atoms with Gasteiger partial charge in [-0.3, -0.25) is 0 Å². The van der Waals surface area contributed by atoms with Crippen LogP contribution in [0.4, 0.5) is 0 Å². The fourth-order valence-corrected chi connectivity index (χ4v) is 3.53. The van der Waals surface area contributed by atoms with Gasteiger partial charge in [0, 0.05) is 0 Å². The third kappa shape index (κ3) is 33.3. The fraction of sp³-hybridized carbons (Fsp3) is 0.929. The second-order valence-corrected chi connectivity index (χ2v) is 8.71. The molecule has 0 radical (unpaired) electrons. The Morgan fingerprint density at radius 3 is 0.750 bits per heavy atom. The molecule has 0 spiro atoms. The van der Waals surface area contributed by atoms with Crippen LogP contribution < -0.4 is 0 Å². The molecule has 0 heteroatoms. The predicted octanol–water partition coefficient (Wildman–Crippen LogP) is 11.2. The average molecular weight is 395 g/mol. The molecule has 0 heterocycles. The molecule has 28 heavy (non-hydrogen) atoms. The second kappa shape index (κ2) is 31.4. The van der Waals surface area contributed by atoms with Crippen LogP contribution >= 0.6 is 0 Å². The van der Waals surface area contributed by atoms with Gasteiger partial charge in [0.05, 0.1) is 0 Å². The Labute approximate surface area is 181 Å². The van der Waals surface area contributed by atoms with Gasteiger partial charge in [-0.25, -0.2) is 0 Å². The highest BCUT2D eigenvalue weighted by atomic mass is 14.0. The van der Waals surface area contributed by atoms with E-state index in [0.717, 1.165) is 0 Å². The summed E-state index contributed by atoms with van der Waals surface area (Å²) in [5, 5.41) is 0. The van der Waals surface area contributed by atoms with Gasteiger partial charge in [-0.05, 0) is 25.7 Å². The van der Waals surface area contributed by atoms with Gasteiger partial charge in [-0.15, -0.1) is 0 Å². The number of hydrogen-bond acceptors (Lipinski definition) is 0. The summed E-state index contributed by atoms with van der Waals surface area (Å²) >= 11 is 0. The third-order valence-corrected chi connectivity index (χ3v) is 5.57. The zero-order chi connectivity index (χ0) is 21.0. The van der Waals surface area contributed by atoms with Crippen molar-refractivity contribution in [1.29, 1.82) is 0 Å². The highest BCUT2D eigenvalue weighted by Crippen LogP contribution is 2.11. The summed E-state index contributed by atoms with van der Waals surface area (Å²) < 4.78 is 0. The molecule has 0 nitrogen and oxygen atoms in total. The van der Waals surface area contributed by atoms with Crippen molar-refractivity contribution in [1.82, 2.24) is 0 Å². The lowest BCUT2D eigenvalue weighted by atomic mass is 10.1. The van der Waals surface area contributed by atoms with E-state index in [0.29, 0.717) is 0 Å². The Hall–Kier alpha value is -0.260. The van der Waals surface area contributed by atoms with Crippen LogP contribution in [0.25, 0.3) is 0 Å². The molecule has 0 saturated heterocycles. The van der Waals surface area contributed by atoms with Crippen molar-refractivity contribution in [3.8, 4) is 0 Å². The van der Waals surface area contributed by atoms with Crippen molar-refractivity contribution in [3.05, 3.63) is 12.2 Å². The Morgan fingerprint density at radius 1 is 0.286 bits per heavy atom. The highest BCUT2D eigenvalue weighted by Gasteiger charge is 1.91. The number of hydrogen-bond donors (Lipinski definition) is 0. The summed E-state index contributed by atoms with van der Waals surface area (Å²) in [5.74, 6) is 0. The minimum Gasteiger partial charge on any atom is -0.0885 e. The summed E-state index contributed by atoms with van der Waals surface area (Å²) in [7, 11) is 0. The first-order chi connectivity index (χ1) is 13.8. The van der Waals surface area contributed by atoms with Crippen LogP contribution in [0.5, 0.6) is 0 Å². The largest absolute Gasteiger partial charge is 0.0885 e. The van der Waals surface area contributed by atoms with Gasteiger partial charge < -0.3 is 0 Å². The molecule has 0 aliphatic carbocycles.